The van der Waals surface area contributed by atoms with Gasteiger partial charge in [0.15, 0.2) is 17.3 Å². The summed E-state index contributed by atoms with van der Waals surface area (Å²) in [5.41, 5.74) is 1.80. The minimum atomic E-state index is -0.259. The molecule has 0 radical (unpaired) electrons. The Bertz CT molecular complexity index is 1370. The van der Waals surface area contributed by atoms with Crippen molar-refractivity contribution in [1.29, 1.82) is 0 Å². The summed E-state index contributed by atoms with van der Waals surface area (Å²) in [5.74, 6) is 1.43. The van der Waals surface area contributed by atoms with Crippen LogP contribution in [0.3, 0.4) is 0 Å². The lowest BCUT2D eigenvalue weighted by Gasteiger charge is -2.17. The van der Waals surface area contributed by atoms with Crippen molar-refractivity contribution in [3.8, 4) is 22.9 Å². The molecule has 4 aromatic rings. The van der Waals surface area contributed by atoms with E-state index in [-0.39, 0.29) is 11.7 Å². The first-order valence-electron chi connectivity index (χ1n) is 10.7. The van der Waals surface area contributed by atoms with Crippen molar-refractivity contribution >= 4 is 28.7 Å². The molecule has 1 heterocycles. The quantitative estimate of drug-likeness (QED) is 0.327. The summed E-state index contributed by atoms with van der Waals surface area (Å²) in [7, 11) is 1.56. The average molecular weight is 462 g/mol. The molecule has 0 saturated heterocycles. The molecule has 0 aliphatic heterocycles. The third-order valence-electron chi connectivity index (χ3n) is 5.25. The van der Waals surface area contributed by atoms with Crippen LogP contribution in [0.25, 0.3) is 22.3 Å². The van der Waals surface area contributed by atoms with E-state index in [9.17, 15) is 4.79 Å². The minimum Gasteiger partial charge on any atom is -0.493 e. The number of fused-ring (bicyclic) bond motifs is 1. The van der Waals surface area contributed by atoms with E-state index in [4.69, 9.17) is 26.1 Å². The average Bonchev–Trinajstić information content (AvgIpc) is 2.85. The monoisotopic (exact) mass is 461 g/mol. The summed E-state index contributed by atoms with van der Waals surface area (Å²) in [6.07, 6.45) is 2.39. The number of ether oxygens (including phenoxy) is 2. The van der Waals surface area contributed by atoms with E-state index < -0.39 is 0 Å². The van der Waals surface area contributed by atoms with Crippen LogP contribution < -0.4 is 15.0 Å². The van der Waals surface area contributed by atoms with Crippen LogP contribution in [0.2, 0.25) is 5.02 Å². The molecule has 6 nitrogen and oxygen atoms in total. The number of nitrogens with zero attached hydrogens (tertiary/aromatic N) is 3. The van der Waals surface area contributed by atoms with Crippen LogP contribution in [0.15, 0.2) is 76.6 Å². The fraction of sp³-hybridized carbons (Fsp3) is 0.192. The summed E-state index contributed by atoms with van der Waals surface area (Å²) in [6, 6.07) is 20.2. The van der Waals surface area contributed by atoms with Crippen LogP contribution in [-0.2, 0) is 0 Å². The maximum Gasteiger partial charge on any atom is 0.282 e. The summed E-state index contributed by atoms with van der Waals surface area (Å²) in [6.45, 7) is 4.00. The lowest BCUT2D eigenvalue weighted by Crippen LogP contribution is -2.20. The van der Waals surface area contributed by atoms with Gasteiger partial charge in [-0.3, -0.25) is 4.79 Å². The molecule has 33 heavy (non-hydrogen) atoms. The van der Waals surface area contributed by atoms with Crippen molar-refractivity contribution in [1.82, 2.24) is 9.66 Å². The molecule has 0 amide bonds. The molecule has 1 aromatic heterocycles. The number of benzene rings is 3. The Hall–Kier alpha value is -3.64. The van der Waals surface area contributed by atoms with Gasteiger partial charge in [0.2, 0.25) is 0 Å². The van der Waals surface area contributed by atoms with Crippen LogP contribution in [-0.4, -0.2) is 29.1 Å². The summed E-state index contributed by atoms with van der Waals surface area (Å²) < 4.78 is 12.7. The molecule has 0 spiro atoms. The molecule has 0 aliphatic carbocycles. The van der Waals surface area contributed by atoms with E-state index in [2.05, 4.69) is 5.10 Å². The molecular weight excluding hydrogens is 438 g/mol. The van der Waals surface area contributed by atoms with Crippen molar-refractivity contribution < 1.29 is 9.47 Å². The molecule has 4 rings (SSSR count). The van der Waals surface area contributed by atoms with Gasteiger partial charge in [0.05, 0.1) is 35.4 Å². The van der Waals surface area contributed by atoms with E-state index >= 15 is 0 Å². The molecule has 0 unspecified atom stereocenters. The van der Waals surface area contributed by atoms with Gasteiger partial charge in [-0.15, -0.1) is 0 Å². The van der Waals surface area contributed by atoms with Gasteiger partial charge in [-0.25, -0.2) is 4.98 Å². The number of rotatable bonds is 7. The van der Waals surface area contributed by atoms with Crippen LogP contribution >= 0.6 is 11.6 Å². The molecule has 0 bridgehead atoms. The molecule has 0 fully saturated rings. The summed E-state index contributed by atoms with van der Waals surface area (Å²) in [4.78, 5) is 18.0. The van der Waals surface area contributed by atoms with E-state index in [1.165, 1.54) is 4.68 Å². The topological polar surface area (TPSA) is 65.7 Å². The second-order valence-corrected chi connectivity index (χ2v) is 7.96. The Morgan fingerprint density at radius 3 is 2.58 bits per heavy atom. The van der Waals surface area contributed by atoms with Crippen molar-refractivity contribution in [2.24, 2.45) is 5.10 Å². The second kappa shape index (κ2) is 9.88. The largest absolute Gasteiger partial charge is 0.493 e. The fourth-order valence-electron chi connectivity index (χ4n) is 3.34. The van der Waals surface area contributed by atoms with Crippen molar-refractivity contribution in [3.63, 3.8) is 0 Å². The predicted octanol–water partition coefficient (Wildman–Crippen LogP) is 5.79. The highest BCUT2D eigenvalue weighted by Crippen LogP contribution is 2.37. The standard InChI is InChI=1S/C26H24ClN3O3/c1-4-17(2)33-24-21(27)14-18(15-23(24)32-3)16-28-30-25(19-10-6-5-7-11-19)29-22-13-9-8-12-20(22)26(30)31/h5-17H,4H2,1-3H3/t17-/m1/s1. The fourth-order valence-corrected chi connectivity index (χ4v) is 3.61. The Morgan fingerprint density at radius 2 is 1.85 bits per heavy atom. The normalized spacial score (nSPS) is 12.2. The van der Waals surface area contributed by atoms with E-state index in [1.807, 2.05) is 62.4 Å². The third kappa shape index (κ3) is 4.76. The van der Waals surface area contributed by atoms with E-state index in [1.54, 1.807) is 31.5 Å². The lowest BCUT2D eigenvalue weighted by molar-refractivity contribution is 0.208. The Labute approximate surface area is 197 Å². The van der Waals surface area contributed by atoms with E-state index in [0.717, 1.165) is 12.0 Å². The SMILES string of the molecule is CC[C@@H](C)Oc1c(Cl)cc(C=Nn2c(-c3ccccc3)nc3ccccc3c2=O)cc1OC. The summed E-state index contributed by atoms with van der Waals surface area (Å²) >= 11 is 6.49. The number of hydrogen-bond donors (Lipinski definition) is 0. The van der Waals surface area contributed by atoms with Crippen molar-refractivity contribution in [2.75, 3.05) is 7.11 Å². The van der Waals surface area contributed by atoms with Crippen LogP contribution in [0, 0.1) is 0 Å². The molecule has 1 atom stereocenters. The number of aromatic nitrogens is 2. The smallest absolute Gasteiger partial charge is 0.282 e. The highest BCUT2D eigenvalue weighted by atomic mass is 35.5. The van der Waals surface area contributed by atoms with Gasteiger partial charge in [-0.1, -0.05) is 61.0 Å². The molecule has 3 aromatic carbocycles. The van der Waals surface area contributed by atoms with Gasteiger partial charge in [0.25, 0.3) is 5.56 Å². The van der Waals surface area contributed by atoms with Crippen molar-refractivity contribution in [3.05, 3.63) is 87.7 Å². The first-order chi connectivity index (χ1) is 16.0. The maximum atomic E-state index is 13.3. The Kier molecular flexibility index (Phi) is 6.75. The van der Waals surface area contributed by atoms with Crippen LogP contribution in [0.4, 0.5) is 0 Å². The first-order valence-corrected chi connectivity index (χ1v) is 11.1. The number of hydrogen-bond acceptors (Lipinski definition) is 5. The lowest BCUT2D eigenvalue weighted by atomic mass is 10.2. The molecule has 0 aliphatic rings. The number of methoxy groups -OCH3 is 1. The Morgan fingerprint density at radius 1 is 1.12 bits per heavy atom. The highest BCUT2D eigenvalue weighted by molar-refractivity contribution is 6.32. The van der Waals surface area contributed by atoms with Crippen LogP contribution in [0.5, 0.6) is 11.5 Å². The van der Waals surface area contributed by atoms with Gasteiger partial charge >= 0.3 is 0 Å². The molecule has 7 heteroatoms. The van der Waals surface area contributed by atoms with E-state index in [0.29, 0.717) is 38.8 Å². The summed E-state index contributed by atoms with van der Waals surface area (Å²) in [5, 5.41) is 5.38. The zero-order valence-corrected chi connectivity index (χ0v) is 19.4. The van der Waals surface area contributed by atoms with Gasteiger partial charge in [-0.2, -0.15) is 9.78 Å². The number of para-hydroxylation sites is 1. The van der Waals surface area contributed by atoms with Gasteiger partial charge < -0.3 is 9.47 Å². The zero-order valence-electron chi connectivity index (χ0n) is 18.7. The highest BCUT2D eigenvalue weighted by Gasteiger charge is 2.15. The number of halogens is 1. The molecule has 168 valence electrons. The van der Waals surface area contributed by atoms with Gasteiger partial charge in [0, 0.05) is 5.56 Å². The van der Waals surface area contributed by atoms with Gasteiger partial charge in [-0.05, 0) is 43.2 Å². The van der Waals surface area contributed by atoms with Crippen molar-refractivity contribution in [2.45, 2.75) is 26.4 Å². The second-order valence-electron chi connectivity index (χ2n) is 7.55. The predicted molar refractivity (Wildman–Crippen MR) is 133 cm³/mol. The maximum absolute atomic E-state index is 13.3. The molecule has 0 N–H and O–H groups in total. The van der Waals surface area contributed by atoms with Gasteiger partial charge in [0.1, 0.15) is 0 Å². The van der Waals surface area contributed by atoms with Crippen LogP contribution in [0.1, 0.15) is 25.8 Å². The molecular formula is C26H24ClN3O3. The minimum absolute atomic E-state index is 0.00778. The third-order valence-corrected chi connectivity index (χ3v) is 5.53. The molecule has 0 saturated carbocycles. The first kappa shape index (κ1) is 22.6. The zero-order chi connectivity index (χ0) is 23.4. The Balaban J connectivity index is 1.82.